The normalized spacial score (nSPS) is 10.2. The van der Waals surface area contributed by atoms with Gasteiger partial charge in [0.25, 0.3) is 5.91 Å². The minimum absolute atomic E-state index is 0.141. The summed E-state index contributed by atoms with van der Waals surface area (Å²) in [6.45, 7) is 1.37. The number of amides is 2. The van der Waals surface area contributed by atoms with E-state index in [-0.39, 0.29) is 18.1 Å². The van der Waals surface area contributed by atoms with Gasteiger partial charge in [-0.05, 0) is 41.1 Å². The van der Waals surface area contributed by atoms with Crippen LogP contribution in [0.15, 0.2) is 41.0 Å². The topological polar surface area (TPSA) is 91.5 Å². The molecule has 132 valence electrons. The lowest BCUT2D eigenvalue weighted by molar-refractivity contribution is -0.136. The van der Waals surface area contributed by atoms with Crippen LogP contribution in [0.3, 0.4) is 0 Å². The summed E-state index contributed by atoms with van der Waals surface area (Å²) in [6.07, 6.45) is 1.58. The minimum Gasteiger partial charge on any atom is -0.451 e. The summed E-state index contributed by atoms with van der Waals surface area (Å²) in [7, 11) is 1.47. The van der Waals surface area contributed by atoms with E-state index in [2.05, 4.69) is 26.2 Å². The van der Waals surface area contributed by atoms with Gasteiger partial charge in [0.2, 0.25) is 5.91 Å². The Bertz CT molecular complexity index is 770. The number of benzene rings is 1. The van der Waals surface area contributed by atoms with Gasteiger partial charge in [0.1, 0.15) is 5.69 Å². The van der Waals surface area contributed by atoms with Crippen LogP contribution in [-0.4, -0.2) is 47.9 Å². The van der Waals surface area contributed by atoms with E-state index in [1.54, 1.807) is 24.4 Å². The number of esters is 1. The molecular formula is C17H18BrN3O4. The molecule has 0 aliphatic rings. The van der Waals surface area contributed by atoms with E-state index in [9.17, 15) is 14.4 Å². The van der Waals surface area contributed by atoms with E-state index >= 15 is 0 Å². The number of ether oxygens (including phenoxy) is 1. The molecule has 2 rings (SSSR count). The Morgan fingerprint density at radius 1 is 1.24 bits per heavy atom. The van der Waals surface area contributed by atoms with E-state index in [1.807, 2.05) is 19.1 Å². The molecule has 2 aromatic rings. The summed E-state index contributed by atoms with van der Waals surface area (Å²) in [5.74, 6) is -1.45. The monoisotopic (exact) mass is 407 g/mol. The number of halogens is 1. The smallest absolute Gasteiger partial charge is 0.355 e. The van der Waals surface area contributed by atoms with Crippen molar-refractivity contribution in [1.82, 2.24) is 9.88 Å². The zero-order valence-corrected chi connectivity index (χ0v) is 15.4. The van der Waals surface area contributed by atoms with Crippen LogP contribution in [0.5, 0.6) is 0 Å². The van der Waals surface area contributed by atoms with Crippen molar-refractivity contribution in [2.45, 2.75) is 6.92 Å². The van der Waals surface area contributed by atoms with Gasteiger partial charge in [-0.15, -0.1) is 0 Å². The van der Waals surface area contributed by atoms with Crippen molar-refractivity contribution in [1.29, 1.82) is 0 Å². The number of hydrogen-bond acceptors (Lipinski definition) is 4. The van der Waals surface area contributed by atoms with Crippen LogP contribution in [0.2, 0.25) is 0 Å². The van der Waals surface area contributed by atoms with E-state index < -0.39 is 18.5 Å². The van der Waals surface area contributed by atoms with Crippen molar-refractivity contribution in [2.24, 2.45) is 0 Å². The van der Waals surface area contributed by atoms with Crippen molar-refractivity contribution < 1.29 is 19.1 Å². The number of aromatic nitrogens is 1. The predicted octanol–water partition coefficient (Wildman–Crippen LogP) is 2.34. The molecule has 0 unspecified atom stereocenters. The average Bonchev–Trinajstić information content (AvgIpc) is 3.00. The Morgan fingerprint density at radius 2 is 1.92 bits per heavy atom. The first kappa shape index (κ1) is 18.7. The number of rotatable bonds is 6. The Kier molecular flexibility index (Phi) is 6.35. The molecule has 0 aliphatic carbocycles. The van der Waals surface area contributed by atoms with Crippen LogP contribution in [0.1, 0.15) is 16.1 Å². The van der Waals surface area contributed by atoms with Gasteiger partial charge < -0.3 is 19.9 Å². The lowest BCUT2D eigenvalue weighted by Crippen LogP contribution is -2.37. The zero-order chi connectivity index (χ0) is 18.4. The molecule has 2 N–H and O–H groups in total. The van der Waals surface area contributed by atoms with Gasteiger partial charge in [-0.3, -0.25) is 9.59 Å². The van der Waals surface area contributed by atoms with Crippen LogP contribution in [-0.2, 0) is 14.3 Å². The second kappa shape index (κ2) is 8.48. The zero-order valence-electron chi connectivity index (χ0n) is 13.8. The maximum atomic E-state index is 12.0. The molecule has 8 heteroatoms. The summed E-state index contributed by atoms with van der Waals surface area (Å²) in [5, 5.41) is 2.70. The molecule has 1 aromatic heterocycles. The second-order valence-corrected chi connectivity index (χ2v) is 6.39. The first-order valence-electron chi connectivity index (χ1n) is 7.46. The van der Waals surface area contributed by atoms with Crippen LogP contribution >= 0.6 is 15.9 Å². The largest absolute Gasteiger partial charge is 0.451 e. The molecule has 7 nitrogen and oxygen atoms in total. The van der Waals surface area contributed by atoms with Crippen molar-refractivity contribution in [3.63, 3.8) is 0 Å². The van der Waals surface area contributed by atoms with Gasteiger partial charge in [0.15, 0.2) is 6.61 Å². The maximum absolute atomic E-state index is 12.0. The first-order chi connectivity index (χ1) is 11.8. The van der Waals surface area contributed by atoms with Crippen molar-refractivity contribution in [3.05, 3.63) is 52.3 Å². The SMILES string of the molecule is Cc1ccc(NC(=O)CN(C)C(=O)COC(=O)c2cc(Br)c[nH]2)cc1. The first-order valence-corrected chi connectivity index (χ1v) is 8.26. The van der Waals surface area contributed by atoms with Crippen molar-refractivity contribution in [3.8, 4) is 0 Å². The van der Waals surface area contributed by atoms with E-state index in [0.29, 0.717) is 10.2 Å². The molecule has 0 bridgehead atoms. The molecule has 2 amide bonds. The summed E-state index contributed by atoms with van der Waals surface area (Å²) in [6, 6.07) is 8.87. The third-order valence-corrected chi connectivity index (χ3v) is 3.79. The van der Waals surface area contributed by atoms with Crippen LogP contribution in [0.25, 0.3) is 0 Å². The van der Waals surface area contributed by atoms with Gasteiger partial charge in [0, 0.05) is 23.4 Å². The lowest BCUT2D eigenvalue weighted by atomic mass is 10.2. The number of hydrogen-bond donors (Lipinski definition) is 2. The Labute approximate surface area is 153 Å². The number of aryl methyl sites for hydroxylation is 1. The highest BCUT2D eigenvalue weighted by atomic mass is 79.9. The highest BCUT2D eigenvalue weighted by Crippen LogP contribution is 2.11. The molecule has 0 radical (unpaired) electrons. The number of likely N-dealkylation sites (N-methyl/N-ethyl adjacent to an activating group) is 1. The van der Waals surface area contributed by atoms with Crippen molar-refractivity contribution >= 4 is 39.4 Å². The lowest BCUT2D eigenvalue weighted by Gasteiger charge is -2.16. The molecule has 25 heavy (non-hydrogen) atoms. The molecule has 0 saturated carbocycles. The minimum atomic E-state index is -0.642. The summed E-state index contributed by atoms with van der Waals surface area (Å²) in [5.41, 5.74) is 1.97. The standard InChI is InChI=1S/C17H18BrN3O4/c1-11-3-5-13(6-4-11)20-15(22)9-21(2)16(23)10-25-17(24)14-7-12(18)8-19-14/h3-8,19H,9-10H2,1-2H3,(H,20,22). The van der Waals surface area contributed by atoms with Crippen LogP contribution in [0, 0.1) is 6.92 Å². The Morgan fingerprint density at radius 3 is 2.52 bits per heavy atom. The van der Waals surface area contributed by atoms with E-state index in [1.165, 1.54) is 11.9 Å². The van der Waals surface area contributed by atoms with Gasteiger partial charge in [-0.2, -0.15) is 0 Å². The summed E-state index contributed by atoms with van der Waals surface area (Å²) in [4.78, 5) is 39.6. The number of anilines is 1. The molecule has 0 saturated heterocycles. The van der Waals surface area contributed by atoms with E-state index in [0.717, 1.165) is 5.56 Å². The number of H-pyrrole nitrogens is 1. The van der Waals surface area contributed by atoms with Gasteiger partial charge in [-0.25, -0.2) is 4.79 Å². The predicted molar refractivity (Wildman–Crippen MR) is 96.2 cm³/mol. The molecule has 0 spiro atoms. The fourth-order valence-electron chi connectivity index (χ4n) is 1.94. The fourth-order valence-corrected chi connectivity index (χ4v) is 2.29. The van der Waals surface area contributed by atoms with Crippen molar-refractivity contribution in [2.75, 3.05) is 25.5 Å². The maximum Gasteiger partial charge on any atom is 0.355 e. The third-order valence-electron chi connectivity index (χ3n) is 3.34. The fraction of sp³-hybridized carbons (Fsp3) is 0.235. The van der Waals surface area contributed by atoms with Crippen LogP contribution in [0.4, 0.5) is 5.69 Å². The second-order valence-electron chi connectivity index (χ2n) is 5.47. The molecule has 0 aliphatic heterocycles. The van der Waals surface area contributed by atoms with Crippen LogP contribution < -0.4 is 5.32 Å². The summed E-state index contributed by atoms with van der Waals surface area (Å²) >= 11 is 3.20. The Hall–Kier alpha value is -2.61. The highest BCUT2D eigenvalue weighted by molar-refractivity contribution is 9.10. The van der Waals surface area contributed by atoms with E-state index in [4.69, 9.17) is 4.74 Å². The third kappa shape index (κ3) is 5.75. The quantitative estimate of drug-likeness (QED) is 0.718. The van der Waals surface area contributed by atoms with Gasteiger partial charge in [0.05, 0.1) is 6.54 Å². The molecule has 1 aromatic carbocycles. The number of nitrogens with zero attached hydrogens (tertiary/aromatic N) is 1. The number of carbonyl (C=O) groups is 3. The molecule has 0 atom stereocenters. The molecular weight excluding hydrogens is 390 g/mol. The highest BCUT2D eigenvalue weighted by Gasteiger charge is 2.16. The molecule has 0 fully saturated rings. The van der Waals surface area contributed by atoms with Gasteiger partial charge in [-0.1, -0.05) is 17.7 Å². The number of nitrogens with one attached hydrogen (secondary N) is 2. The van der Waals surface area contributed by atoms with Gasteiger partial charge >= 0.3 is 5.97 Å². The summed E-state index contributed by atoms with van der Waals surface area (Å²) < 4.78 is 5.63. The Balaban J connectivity index is 1.78. The molecule has 1 heterocycles. The number of aromatic amines is 1. The average molecular weight is 408 g/mol. The number of carbonyl (C=O) groups excluding carboxylic acids is 3.